The van der Waals surface area contributed by atoms with Gasteiger partial charge in [0.2, 0.25) is 5.91 Å². The third-order valence-electron chi connectivity index (χ3n) is 4.29. The van der Waals surface area contributed by atoms with Crippen LogP contribution in [0, 0.1) is 5.92 Å². The van der Waals surface area contributed by atoms with Crippen LogP contribution in [0.15, 0.2) is 60.7 Å². The van der Waals surface area contributed by atoms with E-state index in [4.69, 9.17) is 5.73 Å². The average molecular weight is 310 g/mol. The van der Waals surface area contributed by atoms with Crippen LogP contribution >= 0.6 is 0 Å². The summed E-state index contributed by atoms with van der Waals surface area (Å²) < 4.78 is 0. The van der Waals surface area contributed by atoms with E-state index in [0.29, 0.717) is 0 Å². The van der Waals surface area contributed by atoms with E-state index in [9.17, 15) is 4.79 Å². The van der Waals surface area contributed by atoms with Crippen LogP contribution in [0.2, 0.25) is 0 Å². The minimum atomic E-state index is -0.196. The van der Waals surface area contributed by atoms with E-state index in [-0.39, 0.29) is 23.9 Å². The zero-order valence-corrected chi connectivity index (χ0v) is 13.9. The molecule has 0 radical (unpaired) electrons. The number of carbonyl (C=O) groups is 1. The number of benzene rings is 2. The van der Waals surface area contributed by atoms with E-state index in [2.05, 4.69) is 29.6 Å². The fourth-order valence-corrected chi connectivity index (χ4v) is 2.51. The Labute approximate surface area is 138 Å². The minimum Gasteiger partial charge on any atom is -0.349 e. The first kappa shape index (κ1) is 17.2. The Hall–Kier alpha value is -2.13. The number of nitrogens with one attached hydrogen (secondary N) is 1. The van der Waals surface area contributed by atoms with Gasteiger partial charge in [-0.2, -0.15) is 0 Å². The zero-order chi connectivity index (χ0) is 16.7. The van der Waals surface area contributed by atoms with Crippen molar-refractivity contribution in [3.8, 4) is 0 Å². The van der Waals surface area contributed by atoms with Gasteiger partial charge in [0.1, 0.15) is 0 Å². The normalized spacial score (nSPS) is 14.7. The average Bonchev–Trinajstić information content (AvgIpc) is 2.59. The van der Waals surface area contributed by atoms with E-state index in [0.717, 1.165) is 18.4 Å². The van der Waals surface area contributed by atoms with Crippen molar-refractivity contribution in [1.82, 2.24) is 5.32 Å². The first-order chi connectivity index (χ1) is 11.1. The van der Waals surface area contributed by atoms with Crippen LogP contribution in [0.1, 0.15) is 37.4 Å². The molecule has 2 aromatic rings. The predicted octanol–water partition coefficient (Wildman–Crippen LogP) is 3.46. The van der Waals surface area contributed by atoms with E-state index in [1.165, 1.54) is 5.56 Å². The second kappa shape index (κ2) is 8.49. The molecule has 3 unspecified atom stereocenters. The summed E-state index contributed by atoms with van der Waals surface area (Å²) in [6.45, 7) is 3.74. The molecular weight excluding hydrogens is 284 g/mol. The van der Waals surface area contributed by atoms with Gasteiger partial charge in [-0.15, -0.1) is 0 Å². The van der Waals surface area contributed by atoms with E-state index >= 15 is 0 Å². The lowest BCUT2D eigenvalue weighted by atomic mass is 9.97. The molecule has 0 heterocycles. The van der Waals surface area contributed by atoms with Gasteiger partial charge in [-0.3, -0.25) is 4.79 Å². The Morgan fingerprint density at radius 3 is 2.13 bits per heavy atom. The fraction of sp³-hybridized carbons (Fsp3) is 0.350. The van der Waals surface area contributed by atoms with Crippen LogP contribution in [0.3, 0.4) is 0 Å². The highest BCUT2D eigenvalue weighted by molar-refractivity contribution is 5.79. The van der Waals surface area contributed by atoms with Gasteiger partial charge in [0.25, 0.3) is 0 Å². The molecule has 0 aliphatic carbocycles. The van der Waals surface area contributed by atoms with Crippen molar-refractivity contribution in [3.05, 3.63) is 71.8 Å². The van der Waals surface area contributed by atoms with Crippen LogP contribution in [-0.4, -0.2) is 11.9 Å². The molecule has 1 amide bonds. The third kappa shape index (κ3) is 5.22. The topological polar surface area (TPSA) is 55.1 Å². The Morgan fingerprint density at radius 2 is 1.57 bits per heavy atom. The Kier molecular flexibility index (Phi) is 6.36. The van der Waals surface area contributed by atoms with Crippen LogP contribution in [0.4, 0.5) is 0 Å². The van der Waals surface area contributed by atoms with Crippen molar-refractivity contribution in [2.75, 3.05) is 0 Å². The van der Waals surface area contributed by atoms with Gasteiger partial charge in [0, 0.05) is 12.0 Å². The van der Waals surface area contributed by atoms with Crippen LogP contribution < -0.4 is 11.1 Å². The molecule has 3 heteroatoms. The van der Waals surface area contributed by atoms with Gasteiger partial charge in [-0.05, 0) is 30.9 Å². The fourth-order valence-electron chi connectivity index (χ4n) is 2.51. The Bertz CT molecular complexity index is 596. The summed E-state index contributed by atoms with van der Waals surface area (Å²) in [4.78, 5) is 12.4. The van der Waals surface area contributed by atoms with Gasteiger partial charge < -0.3 is 11.1 Å². The summed E-state index contributed by atoms with van der Waals surface area (Å²) in [7, 11) is 0. The van der Waals surface area contributed by atoms with Crippen molar-refractivity contribution in [3.63, 3.8) is 0 Å². The van der Waals surface area contributed by atoms with Gasteiger partial charge in [-0.1, -0.05) is 67.6 Å². The van der Waals surface area contributed by atoms with Crippen molar-refractivity contribution < 1.29 is 4.79 Å². The molecule has 0 saturated heterocycles. The molecule has 0 aromatic heterocycles. The summed E-state index contributed by atoms with van der Waals surface area (Å²) in [6.07, 6.45) is 1.79. The number of carbonyl (C=O) groups excluding carboxylic acids is 1. The summed E-state index contributed by atoms with van der Waals surface area (Å²) in [5.74, 6) is -0.181. The molecule has 0 aliphatic rings. The molecule has 0 fully saturated rings. The van der Waals surface area contributed by atoms with E-state index in [1.54, 1.807) is 0 Å². The molecule has 2 aromatic carbocycles. The number of amides is 1. The van der Waals surface area contributed by atoms with Crippen molar-refractivity contribution >= 4 is 5.91 Å². The van der Waals surface area contributed by atoms with Gasteiger partial charge in [0.15, 0.2) is 0 Å². The number of rotatable bonds is 7. The highest BCUT2D eigenvalue weighted by Gasteiger charge is 2.21. The lowest BCUT2D eigenvalue weighted by molar-refractivity contribution is -0.125. The maximum absolute atomic E-state index is 12.4. The highest BCUT2D eigenvalue weighted by Crippen LogP contribution is 2.20. The monoisotopic (exact) mass is 310 g/mol. The lowest BCUT2D eigenvalue weighted by Crippen LogP contribution is -2.40. The predicted molar refractivity (Wildman–Crippen MR) is 94.9 cm³/mol. The molecule has 0 aliphatic heterocycles. The molecule has 122 valence electrons. The molecule has 3 atom stereocenters. The molecular formula is C20H26N2O. The second-order valence-corrected chi connectivity index (χ2v) is 6.14. The van der Waals surface area contributed by atoms with Gasteiger partial charge >= 0.3 is 0 Å². The minimum absolute atomic E-state index is 0.00473. The highest BCUT2D eigenvalue weighted by atomic mass is 16.1. The first-order valence-corrected chi connectivity index (χ1v) is 8.22. The van der Waals surface area contributed by atoms with Crippen LogP contribution in [-0.2, 0) is 11.2 Å². The molecule has 2 rings (SSSR count). The van der Waals surface area contributed by atoms with Crippen molar-refractivity contribution in [2.24, 2.45) is 11.7 Å². The summed E-state index contributed by atoms with van der Waals surface area (Å²) >= 11 is 0. The maximum Gasteiger partial charge on any atom is 0.224 e. The molecule has 0 spiro atoms. The van der Waals surface area contributed by atoms with Gasteiger partial charge in [0.05, 0.1) is 6.04 Å². The first-order valence-electron chi connectivity index (χ1n) is 8.22. The van der Waals surface area contributed by atoms with E-state index < -0.39 is 0 Å². The lowest BCUT2D eigenvalue weighted by Gasteiger charge is -2.23. The quantitative estimate of drug-likeness (QED) is 0.823. The van der Waals surface area contributed by atoms with E-state index in [1.807, 2.05) is 50.2 Å². The molecule has 23 heavy (non-hydrogen) atoms. The van der Waals surface area contributed by atoms with Gasteiger partial charge in [-0.25, -0.2) is 0 Å². The maximum atomic E-state index is 12.4. The molecule has 3 nitrogen and oxygen atoms in total. The number of hydrogen-bond acceptors (Lipinski definition) is 2. The summed E-state index contributed by atoms with van der Waals surface area (Å²) in [6, 6.07) is 20.3. The molecule has 0 bridgehead atoms. The third-order valence-corrected chi connectivity index (χ3v) is 4.29. The Morgan fingerprint density at radius 1 is 1.00 bits per heavy atom. The zero-order valence-electron chi connectivity index (χ0n) is 13.9. The standard InChI is InChI=1S/C20H26N2O/c1-15(16(2)21)20(23)22-19(18-11-7-4-8-12-18)14-13-17-9-5-3-6-10-17/h3-12,15-16,19H,13-14,21H2,1-2H3,(H,22,23). The Balaban J connectivity index is 2.08. The van der Waals surface area contributed by atoms with Crippen LogP contribution in [0.25, 0.3) is 0 Å². The van der Waals surface area contributed by atoms with Crippen LogP contribution in [0.5, 0.6) is 0 Å². The number of hydrogen-bond donors (Lipinski definition) is 2. The number of nitrogens with two attached hydrogens (primary N) is 1. The van der Waals surface area contributed by atoms with Crippen molar-refractivity contribution in [1.29, 1.82) is 0 Å². The second-order valence-electron chi connectivity index (χ2n) is 6.14. The SMILES string of the molecule is CC(N)C(C)C(=O)NC(CCc1ccccc1)c1ccccc1. The summed E-state index contributed by atoms with van der Waals surface area (Å²) in [5.41, 5.74) is 8.27. The summed E-state index contributed by atoms with van der Waals surface area (Å²) in [5, 5.41) is 3.17. The molecule has 3 N–H and O–H groups in total. The molecule has 0 saturated carbocycles. The smallest absolute Gasteiger partial charge is 0.224 e. The number of aryl methyl sites for hydroxylation is 1. The largest absolute Gasteiger partial charge is 0.349 e. The van der Waals surface area contributed by atoms with Crippen molar-refractivity contribution in [2.45, 2.75) is 38.8 Å².